The van der Waals surface area contributed by atoms with E-state index in [1.54, 1.807) is 12.4 Å². The van der Waals surface area contributed by atoms with E-state index in [0.29, 0.717) is 0 Å². The molecule has 0 fully saturated rings. The third kappa shape index (κ3) is 3.59. The second-order valence-corrected chi connectivity index (χ2v) is 3.79. The van der Waals surface area contributed by atoms with Gasteiger partial charge in [0.05, 0.1) is 11.9 Å². The summed E-state index contributed by atoms with van der Waals surface area (Å²) in [5, 5.41) is 3.20. The highest BCUT2D eigenvalue weighted by Crippen LogP contribution is 2.16. The Hall–Kier alpha value is -0.830. The van der Waals surface area contributed by atoms with Crippen molar-refractivity contribution in [3.63, 3.8) is 0 Å². The molecular weight excluding hydrogens is 228 g/mol. The third-order valence-corrected chi connectivity index (χ3v) is 2.01. The third-order valence-electron chi connectivity index (χ3n) is 1.58. The van der Waals surface area contributed by atoms with Gasteiger partial charge in [0.15, 0.2) is 0 Å². The van der Waals surface area contributed by atoms with E-state index >= 15 is 0 Å². The second kappa shape index (κ2) is 5.02. The maximum atomic E-state index is 4.05. The summed E-state index contributed by atoms with van der Waals surface area (Å²) in [5.74, 6) is 0. The fourth-order valence-corrected chi connectivity index (χ4v) is 1.41. The number of hydrogen-bond acceptors (Lipinski definition) is 2. The van der Waals surface area contributed by atoms with Crippen molar-refractivity contribution in [1.29, 1.82) is 0 Å². The molecule has 0 spiro atoms. The minimum atomic E-state index is 0.974. The summed E-state index contributed by atoms with van der Waals surface area (Å²) in [7, 11) is 0. The van der Waals surface area contributed by atoms with Gasteiger partial charge in [0.25, 0.3) is 0 Å². The summed E-state index contributed by atoms with van der Waals surface area (Å²) < 4.78 is 0.974. The van der Waals surface area contributed by atoms with Crippen LogP contribution in [0.4, 0.5) is 5.69 Å². The van der Waals surface area contributed by atoms with E-state index < -0.39 is 0 Å². The molecule has 0 atom stereocenters. The molecule has 0 aliphatic rings. The number of pyridine rings is 1. The molecule has 1 N–H and O–H groups in total. The summed E-state index contributed by atoms with van der Waals surface area (Å²) in [6, 6.07) is 1.98. The highest BCUT2D eigenvalue weighted by atomic mass is 79.9. The highest BCUT2D eigenvalue weighted by Gasteiger charge is 1.95. The van der Waals surface area contributed by atoms with E-state index in [1.165, 1.54) is 0 Å². The fraction of sp³-hybridized carbons (Fsp3) is 0.300. The van der Waals surface area contributed by atoms with Gasteiger partial charge >= 0.3 is 0 Å². The molecule has 0 bridgehead atoms. The molecule has 0 aromatic carbocycles. The predicted octanol–water partition coefficient (Wildman–Crippen LogP) is 3.57. The number of halogens is 1. The van der Waals surface area contributed by atoms with Crippen LogP contribution < -0.4 is 5.32 Å². The molecule has 2 nitrogen and oxygen atoms in total. The van der Waals surface area contributed by atoms with Crippen LogP contribution in [0.25, 0.3) is 0 Å². The maximum Gasteiger partial charge on any atom is 0.0579 e. The lowest BCUT2D eigenvalue weighted by molar-refractivity contribution is 0.913. The van der Waals surface area contributed by atoms with Crippen LogP contribution in [-0.4, -0.2) is 4.98 Å². The standard InChI is InChI=1S/C10H13BrN2/c1-3-4-8(2)13-10-5-9(11)6-12-7-10/h5-7,13H,2-4H2,1H3. The van der Waals surface area contributed by atoms with Gasteiger partial charge in [-0.1, -0.05) is 19.9 Å². The molecule has 0 aliphatic carbocycles. The van der Waals surface area contributed by atoms with Gasteiger partial charge in [-0.3, -0.25) is 4.98 Å². The number of nitrogens with zero attached hydrogens (tertiary/aromatic N) is 1. The Morgan fingerprint density at radius 3 is 3.00 bits per heavy atom. The zero-order chi connectivity index (χ0) is 9.68. The van der Waals surface area contributed by atoms with Crippen molar-refractivity contribution in [2.24, 2.45) is 0 Å². The van der Waals surface area contributed by atoms with E-state index in [1.807, 2.05) is 6.07 Å². The van der Waals surface area contributed by atoms with Crippen LogP contribution in [0.3, 0.4) is 0 Å². The van der Waals surface area contributed by atoms with Gasteiger partial charge in [-0.2, -0.15) is 0 Å². The summed E-state index contributed by atoms with van der Waals surface area (Å²) in [5.41, 5.74) is 2.01. The van der Waals surface area contributed by atoms with E-state index in [0.717, 1.165) is 28.7 Å². The first-order valence-electron chi connectivity index (χ1n) is 4.27. The molecule has 0 aliphatic heterocycles. The summed E-state index contributed by atoms with van der Waals surface area (Å²) in [6.45, 7) is 6.05. The molecule has 1 aromatic heterocycles. The average Bonchev–Trinajstić information content (AvgIpc) is 2.04. The predicted molar refractivity (Wildman–Crippen MR) is 59.6 cm³/mol. The molecule has 0 radical (unpaired) electrons. The molecular formula is C10H13BrN2. The van der Waals surface area contributed by atoms with E-state index in [-0.39, 0.29) is 0 Å². The van der Waals surface area contributed by atoms with Crippen LogP contribution in [0.15, 0.2) is 35.2 Å². The number of rotatable bonds is 4. The van der Waals surface area contributed by atoms with Crippen molar-refractivity contribution in [2.45, 2.75) is 19.8 Å². The Morgan fingerprint density at radius 1 is 1.62 bits per heavy atom. The van der Waals surface area contributed by atoms with Gasteiger partial charge in [-0.25, -0.2) is 0 Å². The van der Waals surface area contributed by atoms with Crippen LogP contribution in [-0.2, 0) is 0 Å². The second-order valence-electron chi connectivity index (χ2n) is 2.87. The molecule has 1 aromatic rings. The first-order chi connectivity index (χ1) is 6.22. The van der Waals surface area contributed by atoms with Gasteiger partial charge in [-0.05, 0) is 28.4 Å². The monoisotopic (exact) mass is 240 g/mol. The number of hydrogen-bond donors (Lipinski definition) is 1. The minimum absolute atomic E-state index is 0.974. The molecule has 70 valence electrons. The van der Waals surface area contributed by atoms with Gasteiger partial charge in [-0.15, -0.1) is 0 Å². The molecule has 3 heteroatoms. The lowest BCUT2D eigenvalue weighted by Gasteiger charge is -2.07. The minimum Gasteiger partial charge on any atom is -0.358 e. The summed E-state index contributed by atoms with van der Waals surface area (Å²) in [4.78, 5) is 4.05. The highest BCUT2D eigenvalue weighted by molar-refractivity contribution is 9.10. The van der Waals surface area contributed by atoms with Crippen LogP contribution in [0.2, 0.25) is 0 Å². The van der Waals surface area contributed by atoms with Crippen molar-refractivity contribution < 1.29 is 0 Å². The molecule has 1 heterocycles. The van der Waals surface area contributed by atoms with E-state index in [4.69, 9.17) is 0 Å². The Kier molecular flexibility index (Phi) is 3.96. The summed E-state index contributed by atoms with van der Waals surface area (Å²) in [6.07, 6.45) is 5.64. The van der Waals surface area contributed by atoms with E-state index in [2.05, 4.69) is 39.7 Å². The Bertz CT molecular complexity index is 297. The first kappa shape index (κ1) is 10.3. The van der Waals surface area contributed by atoms with Gasteiger partial charge < -0.3 is 5.32 Å². The number of aromatic nitrogens is 1. The maximum absolute atomic E-state index is 4.05. The molecule has 0 amide bonds. The zero-order valence-electron chi connectivity index (χ0n) is 7.68. The van der Waals surface area contributed by atoms with Gasteiger partial charge in [0.2, 0.25) is 0 Å². The quantitative estimate of drug-likeness (QED) is 0.871. The average molecular weight is 241 g/mol. The van der Waals surface area contributed by atoms with Crippen LogP contribution in [0, 0.1) is 0 Å². The van der Waals surface area contributed by atoms with E-state index in [9.17, 15) is 0 Å². The van der Waals surface area contributed by atoms with Gasteiger partial charge in [0, 0.05) is 16.4 Å². The largest absolute Gasteiger partial charge is 0.358 e. The smallest absolute Gasteiger partial charge is 0.0579 e. The Balaban J connectivity index is 2.58. The zero-order valence-corrected chi connectivity index (χ0v) is 9.26. The van der Waals surface area contributed by atoms with Gasteiger partial charge in [0.1, 0.15) is 0 Å². The lowest BCUT2D eigenvalue weighted by atomic mass is 10.2. The Labute approximate surface area is 87.2 Å². The van der Waals surface area contributed by atoms with Crippen LogP contribution in [0.5, 0.6) is 0 Å². The normalized spacial score (nSPS) is 9.69. The summed E-state index contributed by atoms with van der Waals surface area (Å²) >= 11 is 3.36. The number of nitrogens with one attached hydrogen (secondary N) is 1. The van der Waals surface area contributed by atoms with Crippen LogP contribution in [0.1, 0.15) is 19.8 Å². The number of allylic oxidation sites excluding steroid dienone is 1. The van der Waals surface area contributed by atoms with Crippen molar-refractivity contribution in [2.75, 3.05) is 5.32 Å². The molecule has 13 heavy (non-hydrogen) atoms. The fourth-order valence-electron chi connectivity index (χ4n) is 1.05. The molecule has 0 saturated heterocycles. The molecule has 0 unspecified atom stereocenters. The van der Waals surface area contributed by atoms with Crippen LogP contribution >= 0.6 is 15.9 Å². The first-order valence-corrected chi connectivity index (χ1v) is 5.07. The SMILES string of the molecule is C=C(CCC)Nc1cncc(Br)c1. The van der Waals surface area contributed by atoms with Crippen molar-refractivity contribution >= 4 is 21.6 Å². The molecule has 0 saturated carbocycles. The van der Waals surface area contributed by atoms with Crippen molar-refractivity contribution in [1.82, 2.24) is 4.98 Å². The number of anilines is 1. The van der Waals surface area contributed by atoms with Crippen molar-refractivity contribution in [3.05, 3.63) is 35.2 Å². The topological polar surface area (TPSA) is 24.9 Å². The molecule has 1 rings (SSSR count). The Morgan fingerprint density at radius 2 is 2.38 bits per heavy atom. The lowest BCUT2D eigenvalue weighted by Crippen LogP contribution is -1.97. The van der Waals surface area contributed by atoms with Crippen molar-refractivity contribution in [3.8, 4) is 0 Å².